The molecule has 0 amide bonds. The second kappa shape index (κ2) is 8.54. The van der Waals surface area contributed by atoms with Crippen molar-refractivity contribution in [3.8, 4) is 11.3 Å². The monoisotopic (exact) mass is 332 g/mol. The van der Waals surface area contributed by atoms with Gasteiger partial charge in [0.2, 0.25) is 0 Å². The third kappa shape index (κ3) is 4.38. The quantitative estimate of drug-likeness (QED) is 0.587. The number of rotatable bonds is 8. The van der Waals surface area contributed by atoms with Crippen LogP contribution < -0.4 is 5.32 Å². The van der Waals surface area contributed by atoms with Crippen LogP contribution in [0.15, 0.2) is 23.0 Å². The van der Waals surface area contributed by atoms with Crippen molar-refractivity contribution in [3.63, 3.8) is 0 Å². The number of hydrogen-bond acceptors (Lipinski definition) is 7. The predicted molar refractivity (Wildman–Crippen MR) is 89.1 cm³/mol. The summed E-state index contributed by atoms with van der Waals surface area (Å²) in [5, 5.41) is 7.28. The van der Waals surface area contributed by atoms with Crippen LogP contribution in [-0.2, 0) is 16.1 Å². The lowest BCUT2D eigenvalue weighted by Gasteiger charge is -2.14. The molecule has 2 aromatic heterocycles. The third-order valence-corrected chi connectivity index (χ3v) is 3.67. The summed E-state index contributed by atoms with van der Waals surface area (Å²) in [5.41, 5.74) is 1.35. The maximum Gasteiger partial charge on any atom is 0.316 e. The lowest BCUT2D eigenvalue weighted by molar-refractivity contribution is -0.144. The van der Waals surface area contributed by atoms with E-state index in [9.17, 15) is 4.79 Å². The first kappa shape index (κ1) is 18.1. The average molecular weight is 332 g/mol. The Kier molecular flexibility index (Phi) is 6.43. The summed E-state index contributed by atoms with van der Waals surface area (Å²) < 4.78 is 10.2. The number of hydrogen-bond donors (Lipinski definition) is 1. The molecule has 0 aliphatic heterocycles. The van der Waals surface area contributed by atoms with E-state index in [0.29, 0.717) is 18.0 Å². The number of esters is 1. The van der Waals surface area contributed by atoms with E-state index in [1.807, 2.05) is 13.8 Å². The zero-order valence-corrected chi connectivity index (χ0v) is 14.6. The fourth-order valence-electron chi connectivity index (χ4n) is 2.37. The molecule has 1 atom stereocenters. The van der Waals surface area contributed by atoms with Crippen LogP contribution in [0.25, 0.3) is 11.3 Å². The number of methoxy groups -OCH3 is 1. The van der Waals surface area contributed by atoms with Crippen molar-refractivity contribution in [2.24, 2.45) is 5.92 Å². The molecule has 130 valence electrons. The third-order valence-electron chi connectivity index (χ3n) is 3.67. The number of nitrogens with zero attached hydrogens (tertiary/aromatic N) is 3. The molecule has 0 saturated heterocycles. The van der Waals surface area contributed by atoms with Crippen LogP contribution >= 0.6 is 0 Å². The van der Waals surface area contributed by atoms with Crippen molar-refractivity contribution in [1.82, 2.24) is 20.4 Å². The van der Waals surface area contributed by atoms with Gasteiger partial charge in [-0.2, -0.15) is 0 Å². The molecule has 2 heterocycles. The van der Waals surface area contributed by atoms with Crippen LogP contribution in [0.2, 0.25) is 0 Å². The zero-order chi connectivity index (χ0) is 17.5. The normalized spacial score (nSPS) is 12.4. The van der Waals surface area contributed by atoms with Gasteiger partial charge in [-0.15, -0.1) is 0 Å². The van der Waals surface area contributed by atoms with Crippen LogP contribution in [0.5, 0.6) is 0 Å². The Morgan fingerprint density at radius 3 is 2.62 bits per heavy atom. The molecule has 0 aromatic carbocycles. The van der Waals surface area contributed by atoms with Gasteiger partial charge in [0.1, 0.15) is 17.4 Å². The van der Waals surface area contributed by atoms with Gasteiger partial charge in [0.05, 0.1) is 13.7 Å². The highest BCUT2D eigenvalue weighted by Gasteiger charge is 2.29. The van der Waals surface area contributed by atoms with Gasteiger partial charge in [-0.25, -0.2) is 9.97 Å². The zero-order valence-electron chi connectivity index (χ0n) is 14.6. The summed E-state index contributed by atoms with van der Waals surface area (Å²) in [6.07, 6.45) is 4.48. The second-order valence-electron chi connectivity index (χ2n) is 5.92. The highest BCUT2D eigenvalue weighted by Crippen LogP contribution is 2.29. The second-order valence-corrected chi connectivity index (χ2v) is 5.92. The minimum Gasteiger partial charge on any atom is -0.468 e. The molecular weight excluding hydrogens is 308 g/mol. The van der Waals surface area contributed by atoms with Crippen molar-refractivity contribution in [1.29, 1.82) is 0 Å². The van der Waals surface area contributed by atoms with E-state index < -0.39 is 5.92 Å². The molecule has 24 heavy (non-hydrogen) atoms. The number of carbonyl (C=O) groups excluding carboxylic acids is 1. The van der Waals surface area contributed by atoms with Crippen molar-refractivity contribution in [2.45, 2.75) is 39.7 Å². The molecule has 0 spiro atoms. The van der Waals surface area contributed by atoms with Gasteiger partial charge in [0.25, 0.3) is 0 Å². The van der Waals surface area contributed by atoms with Crippen LogP contribution in [0.3, 0.4) is 0 Å². The van der Waals surface area contributed by atoms with E-state index in [4.69, 9.17) is 9.26 Å². The molecule has 0 aliphatic carbocycles. The Morgan fingerprint density at radius 1 is 1.33 bits per heavy atom. The Balaban J connectivity index is 2.13. The SMILES string of the molecule is CCCNCc1ncc(-c2cc(C(C(=O)OC)C(C)C)on2)cn1. The standard InChI is InChI=1S/C17H24N4O3/c1-5-6-18-10-15-19-8-12(9-20-15)13-7-14(24-21-13)16(11(2)3)17(22)23-4/h7-9,11,16,18H,5-6,10H2,1-4H3. The molecule has 0 fully saturated rings. The molecule has 7 heteroatoms. The molecule has 0 radical (unpaired) electrons. The number of aromatic nitrogens is 3. The van der Waals surface area contributed by atoms with Crippen LogP contribution in [0.1, 0.15) is 44.7 Å². The van der Waals surface area contributed by atoms with Crippen molar-refractivity contribution >= 4 is 5.97 Å². The molecular formula is C17H24N4O3. The van der Waals surface area contributed by atoms with Crippen LogP contribution in [0, 0.1) is 5.92 Å². The average Bonchev–Trinajstić information content (AvgIpc) is 3.05. The Morgan fingerprint density at radius 2 is 2.04 bits per heavy atom. The molecule has 2 aromatic rings. The maximum atomic E-state index is 11.9. The van der Waals surface area contributed by atoms with Gasteiger partial charge in [-0.1, -0.05) is 25.9 Å². The first-order valence-electron chi connectivity index (χ1n) is 8.13. The predicted octanol–water partition coefficient (Wildman–Crippen LogP) is 2.54. The Labute approximate surface area is 141 Å². The number of nitrogens with one attached hydrogen (secondary N) is 1. The summed E-state index contributed by atoms with van der Waals surface area (Å²) in [6.45, 7) is 7.55. The van der Waals surface area contributed by atoms with Gasteiger partial charge in [-0.3, -0.25) is 4.79 Å². The molecule has 0 aliphatic rings. The number of carbonyl (C=O) groups is 1. The summed E-state index contributed by atoms with van der Waals surface area (Å²) in [7, 11) is 1.37. The summed E-state index contributed by atoms with van der Waals surface area (Å²) in [6, 6.07) is 1.75. The molecule has 1 unspecified atom stereocenters. The van der Waals surface area contributed by atoms with E-state index in [1.165, 1.54) is 7.11 Å². The minimum atomic E-state index is -0.477. The van der Waals surface area contributed by atoms with Crippen molar-refractivity contribution in [2.75, 3.05) is 13.7 Å². The van der Waals surface area contributed by atoms with E-state index in [-0.39, 0.29) is 11.9 Å². The van der Waals surface area contributed by atoms with E-state index in [1.54, 1.807) is 18.5 Å². The largest absolute Gasteiger partial charge is 0.468 e. The van der Waals surface area contributed by atoms with Gasteiger partial charge in [0.15, 0.2) is 5.76 Å². The highest BCUT2D eigenvalue weighted by molar-refractivity contribution is 5.78. The van der Waals surface area contributed by atoms with E-state index >= 15 is 0 Å². The van der Waals surface area contributed by atoms with Gasteiger partial charge in [-0.05, 0) is 18.9 Å². The van der Waals surface area contributed by atoms with E-state index in [0.717, 1.165) is 24.4 Å². The first-order valence-corrected chi connectivity index (χ1v) is 8.13. The lowest BCUT2D eigenvalue weighted by Crippen LogP contribution is -2.19. The van der Waals surface area contributed by atoms with Crippen LogP contribution in [0.4, 0.5) is 0 Å². The summed E-state index contributed by atoms with van der Waals surface area (Å²) in [4.78, 5) is 20.6. The highest BCUT2D eigenvalue weighted by atomic mass is 16.5. The fourth-order valence-corrected chi connectivity index (χ4v) is 2.37. The molecule has 0 bridgehead atoms. The van der Waals surface area contributed by atoms with Crippen LogP contribution in [-0.4, -0.2) is 34.7 Å². The Bertz CT molecular complexity index is 652. The van der Waals surface area contributed by atoms with Gasteiger partial charge >= 0.3 is 5.97 Å². The van der Waals surface area contributed by atoms with Crippen molar-refractivity contribution < 1.29 is 14.1 Å². The Hall–Kier alpha value is -2.28. The molecule has 2 rings (SSSR count). The summed E-state index contributed by atoms with van der Waals surface area (Å²) in [5.74, 6) is 0.448. The fraction of sp³-hybridized carbons (Fsp3) is 0.529. The minimum absolute atomic E-state index is 0.0431. The van der Waals surface area contributed by atoms with E-state index in [2.05, 4.69) is 27.4 Å². The van der Waals surface area contributed by atoms with Gasteiger partial charge in [0, 0.05) is 24.0 Å². The lowest BCUT2D eigenvalue weighted by atomic mass is 9.93. The molecule has 0 saturated carbocycles. The topological polar surface area (TPSA) is 90.1 Å². The molecule has 1 N–H and O–H groups in total. The first-order chi connectivity index (χ1) is 11.6. The smallest absolute Gasteiger partial charge is 0.316 e. The summed E-state index contributed by atoms with van der Waals surface area (Å²) >= 11 is 0. The number of ether oxygens (including phenoxy) is 1. The molecule has 7 nitrogen and oxygen atoms in total. The maximum absolute atomic E-state index is 11.9. The van der Waals surface area contributed by atoms with Crippen molar-refractivity contribution in [3.05, 3.63) is 30.0 Å². The van der Waals surface area contributed by atoms with Gasteiger partial charge < -0.3 is 14.6 Å².